The van der Waals surface area contributed by atoms with Crippen molar-refractivity contribution in [2.45, 2.75) is 64.1 Å². The fourth-order valence-corrected chi connectivity index (χ4v) is 5.70. The van der Waals surface area contributed by atoms with Gasteiger partial charge in [0.2, 0.25) is 11.8 Å². The van der Waals surface area contributed by atoms with Crippen molar-refractivity contribution >= 4 is 39.1 Å². The number of nitrogens with zero attached hydrogens (tertiary/aromatic N) is 2. The summed E-state index contributed by atoms with van der Waals surface area (Å²) in [5.74, 6) is -1.80. The molecule has 0 saturated carbocycles. The Morgan fingerprint density at radius 3 is 2.15 bits per heavy atom. The lowest BCUT2D eigenvalue weighted by molar-refractivity contribution is -0.140. The van der Waals surface area contributed by atoms with Gasteiger partial charge in [-0.1, -0.05) is 67.4 Å². The van der Waals surface area contributed by atoms with E-state index in [1.165, 1.54) is 35.2 Å². The van der Waals surface area contributed by atoms with Crippen molar-refractivity contribution in [3.8, 4) is 0 Å². The van der Waals surface area contributed by atoms with Gasteiger partial charge in [0, 0.05) is 17.6 Å². The summed E-state index contributed by atoms with van der Waals surface area (Å²) >= 11 is 6.04. The van der Waals surface area contributed by atoms with E-state index >= 15 is 4.39 Å². The zero-order chi connectivity index (χ0) is 29.4. The molecule has 0 aliphatic heterocycles. The van der Waals surface area contributed by atoms with Gasteiger partial charge in [-0.2, -0.15) is 0 Å². The van der Waals surface area contributed by atoms with Crippen LogP contribution in [-0.4, -0.2) is 43.8 Å². The summed E-state index contributed by atoms with van der Waals surface area (Å²) in [6.07, 6.45) is 0.981. The second-order valence-electron chi connectivity index (χ2n) is 9.67. The molecule has 2 unspecified atom stereocenters. The van der Waals surface area contributed by atoms with Gasteiger partial charge in [0.15, 0.2) is 0 Å². The van der Waals surface area contributed by atoms with Gasteiger partial charge in [-0.05, 0) is 68.7 Å². The number of carbonyl (C=O) groups is 2. The van der Waals surface area contributed by atoms with Gasteiger partial charge in [0.05, 0.1) is 10.6 Å². The highest BCUT2D eigenvalue weighted by atomic mass is 35.5. The van der Waals surface area contributed by atoms with E-state index in [0.717, 1.165) is 15.9 Å². The maximum absolute atomic E-state index is 15.0. The molecule has 0 bridgehead atoms. The number of aryl methyl sites for hydroxylation is 1. The third kappa shape index (κ3) is 7.61. The van der Waals surface area contributed by atoms with Gasteiger partial charge in [-0.15, -0.1) is 0 Å². The maximum Gasteiger partial charge on any atom is 0.264 e. The summed E-state index contributed by atoms with van der Waals surface area (Å²) < 4.78 is 43.4. The molecule has 0 aromatic heterocycles. The zero-order valence-corrected chi connectivity index (χ0v) is 24.7. The number of halogens is 2. The lowest BCUT2D eigenvalue weighted by Crippen LogP contribution is -2.53. The molecule has 0 aliphatic carbocycles. The topological polar surface area (TPSA) is 86.8 Å². The third-order valence-electron chi connectivity index (χ3n) is 6.66. The molecule has 10 heteroatoms. The summed E-state index contributed by atoms with van der Waals surface area (Å²) in [5, 5.41) is 3.43. The molecule has 3 rings (SSSR count). The molecule has 3 aromatic rings. The molecule has 0 heterocycles. The predicted octanol–water partition coefficient (Wildman–Crippen LogP) is 5.70. The van der Waals surface area contributed by atoms with E-state index in [-0.39, 0.29) is 35.5 Å². The molecule has 2 atom stereocenters. The number of amides is 2. The van der Waals surface area contributed by atoms with Crippen LogP contribution in [0.1, 0.15) is 44.7 Å². The Hall–Kier alpha value is -3.43. The van der Waals surface area contributed by atoms with Crippen LogP contribution in [0.3, 0.4) is 0 Å². The summed E-state index contributed by atoms with van der Waals surface area (Å²) in [7, 11) is -4.35. The number of sulfonamides is 1. The molecule has 0 saturated heterocycles. The Morgan fingerprint density at radius 1 is 0.950 bits per heavy atom. The number of rotatable bonds is 12. The summed E-state index contributed by atoms with van der Waals surface area (Å²) in [4.78, 5) is 28.5. The largest absolute Gasteiger partial charge is 0.352 e. The first-order valence-corrected chi connectivity index (χ1v) is 15.0. The highest BCUT2D eigenvalue weighted by Crippen LogP contribution is 2.27. The van der Waals surface area contributed by atoms with Crippen molar-refractivity contribution in [3.05, 3.63) is 94.8 Å². The van der Waals surface area contributed by atoms with Gasteiger partial charge in [0.1, 0.15) is 18.4 Å². The third-order valence-corrected chi connectivity index (χ3v) is 8.69. The van der Waals surface area contributed by atoms with Crippen LogP contribution in [0.2, 0.25) is 5.02 Å². The Morgan fingerprint density at radius 2 is 1.57 bits per heavy atom. The van der Waals surface area contributed by atoms with E-state index in [1.54, 1.807) is 43.3 Å². The molecule has 0 fully saturated rings. The van der Waals surface area contributed by atoms with E-state index in [1.807, 2.05) is 20.8 Å². The standard InChI is InChI=1S/C30H35ClFN3O4S/c1-5-22(4)33-30(37)27(6-2)34(19-23-13-15-24(31)16-14-23)29(36)20-35(28-10-8-7-9-26(28)32)40(38,39)25-17-11-21(3)12-18-25/h7-18,22,27H,5-6,19-20H2,1-4H3,(H,33,37). The summed E-state index contributed by atoms with van der Waals surface area (Å²) in [6.45, 7) is 6.71. The smallest absolute Gasteiger partial charge is 0.264 e. The summed E-state index contributed by atoms with van der Waals surface area (Å²) in [6, 6.07) is 17.3. The first-order chi connectivity index (χ1) is 19.0. The number of benzene rings is 3. The van der Waals surface area contributed by atoms with Crippen molar-refractivity contribution in [2.75, 3.05) is 10.8 Å². The van der Waals surface area contributed by atoms with Crippen molar-refractivity contribution in [2.24, 2.45) is 0 Å². The minimum absolute atomic E-state index is 0.0259. The second-order valence-corrected chi connectivity index (χ2v) is 12.0. The van der Waals surface area contributed by atoms with Gasteiger partial charge >= 0.3 is 0 Å². The van der Waals surface area contributed by atoms with Crippen molar-refractivity contribution in [1.29, 1.82) is 0 Å². The highest BCUT2D eigenvalue weighted by Gasteiger charge is 2.34. The average molecular weight is 588 g/mol. The van der Waals surface area contributed by atoms with Crippen LogP contribution < -0.4 is 9.62 Å². The van der Waals surface area contributed by atoms with Crippen LogP contribution in [0.15, 0.2) is 77.7 Å². The van der Waals surface area contributed by atoms with Crippen LogP contribution in [0.25, 0.3) is 0 Å². The molecular weight excluding hydrogens is 553 g/mol. The molecule has 3 aromatic carbocycles. The average Bonchev–Trinajstić information content (AvgIpc) is 2.93. The minimum Gasteiger partial charge on any atom is -0.352 e. The molecule has 2 amide bonds. The molecule has 7 nitrogen and oxygen atoms in total. The van der Waals surface area contributed by atoms with Crippen LogP contribution >= 0.6 is 11.6 Å². The van der Waals surface area contributed by atoms with E-state index in [4.69, 9.17) is 11.6 Å². The first kappa shape index (κ1) is 31.1. The van der Waals surface area contributed by atoms with E-state index in [2.05, 4.69) is 5.32 Å². The van der Waals surface area contributed by atoms with E-state index < -0.39 is 34.3 Å². The van der Waals surface area contributed by atoms with Crippen molar-refractivity contribution < 1.29 is 22.4 Å². The number of hydrogen-bond acceptors (Lipinski definition) is 4. The molecule has 0 spiro atoms. The lowest BCUT2D eigenvalue weighted by Gasteiger charge is -2.33. The quantitative estimate of drug-likeness (QED) is 0.294. The molecule has 40 heavy (non-hydrogen) atoms. The Balaban J connectivity index is 2.06. The monoisotopic (exact) mass is 587 g/mol. The number of hydrogen-bond donors (Lipinski definition) is 1. The molecule has 214 valence electrons. The van der Waals surface area contributed by atoms with Gasteiger partial charge in [-0.25, -0.2) is 12.8 Å². The van der Waals surface area contributed by atoms with E-state index in [0.29, 0.717) is 17.0 Å². The van der Waals surface area contributed by atoms with Gasteiger partial charge in [0.25, 0.3) is 10.0 Å². The van der Waals surface area contributed by atoms with Crippen LogP contribution in [0.4, 0.5) is 10.1 Å². The Kier molecular flexibility index (Phi) is 10.7. The van der Waals surface area contributed by atoms with Gasteiger partial charge < -0.3 is 10.2 Å². The number of para-hydroxylation sites is 1. The number of carbonyl (C=O) groups excluding carboxylic acids is 2. The SMILES string of the molecule is CCC(C)NC(=O)C(CC)N(Cc1ccc(Cl)cc1)C(=O)CN(c1ccccc1F)S(=O)(=O)c1ccc(C)cc1. The van der Waals surface area contributed by atoms with Crippen LogP contribution in [-0.2, 0) is 26.2 Å². The van der Waals surface area contributed by atoms with Crippen molar-refractivity contribution in [3.63, 3.8) is 0 Å². The molecule has 0 radical (unpaired) electrons. The lowest BCUT2D eigenvalue weighted by atomic mass is 10.1. The van der Waals surface area contributed by atoms with Gasteiger partial charge in [-0.3, -0.25) is 13.9 Å². The maximum atomic E-state index is 15.0. The fraction of sp³-hybridized carbons (Fsp3) is 0.333. The summed E-state index contributed by atoms with van der Waals surface area (Å²) in [5.41, 5.74) is 1.28. The molecule has 0 aliphatic rings. The van der Waals surface area contributed by atoms with Crippen LogP contribution in [0, 0.1) is 12.7 Å². The Bertz CT molecular complexity index is 1420. The van der Waals surface area contributed by atoms with Crippen molar-refractivity contribution in [1.82, 2.24) is 10.2 Å². The molecule has 1 N–H and O–H groups in total. The second kappa shape index (κ2) is 13.8. The zero-order valence-electron chi connectivity index (χ0n) is 23.1. The predicted molar refractivity (Wildman–Crippen MR) is 156 cm³/mol. The minimum atomic E-state index is -4.35. The normalized spacial score (nSPS) is 12.8. The van der Waals surface area contributed by atoms with Crippen LogP contribution in [0.5, 0.6) is 0 Å². The Labute approximate surface area is 241 Å². The molecular formula is C30H35ClFN3O4S. The van der Waals surface area contributed by atoms with E-state index in [9.17, 15) is 18.0 Å². The fourth-order valence-electron chi connectivity index (χ4n) is 4.15. The number of nitrogens with one attached hydrogen (secondary N) is 1. The highest BCUT2D eigenvalue weighted by molar-refractivity contribution is 7.92. The first-order valence-electron chi connectivity index (χ1n) is 13.2. The number of anilines is 1.